The van der Waals surface area contributed by atoms with E-state index in [-0.39, 0.29) is 12.5 Å². The number of carbonyl (C=O) groups excluding carboxylic acids is 1. The Balaban J connectivity index is 1.55. The summed E-state index contributed by atoms with van der Waals surface area (Å²) >= 11 is 7.57. The van der Waals surface area contributed by atoms with Gasteiger partial charge in [-0.15, -0.1) is 0 Å². The molecule has 2 rings (SSSR count). The van der Waals surface area contributed by atoms with Crippen molar-refractivity contribution in [1.82, 2.24) is 5.32 Å². The molecule has 0 saturated carbocycles. The highest BCUT2D eigenvalue weighted by Crippen LogP contribution is 2.15. The lowest BCUT2D eigenvalue weighted by molar-refractivity contribution is -0.122. The minimum Gasteiger partial charge on any atom is -0.484 e. The van der Waals surface area contributed by atoms with Gasteiger partial charge in [0, 0.05) is 23.1 Å². The zero-order chi connectivity index (χ0) is 15.6. The van der Waals surface area contributed by atoms with E-state index in [4.69, 9.17) is 16.3 Å². The highest BCUT2D eigenvalue weighted by molar-refractivity contribution is 7.98. The van der Waals surface area contributed by atoms with Crippen molar-refractivity contribution in [1.29, 1.82) is 0 Å². The van der Waals surface area contributed by atoms with E-state index in [0.717, 1.165) is 11.5 Å². The molecule has 0 unspecified atom stereocenters. The minimum absolute atomic E-state index is 0.0188. The lowest BCUT2D eigenvalue weighted by Crippen LogP contribution is -2.30. The summed E-state index contributed by atoms with van der Waals surface area (Å²) in [6.07, 6.45) is 0. The topological polar surface area (TPSA) is 38.3 Å². The fraction of sp³-hybridized carbons (Fsp3) is 0.235. The molecule has 0 aromatic heterocycles. The van der Waals surface area contributed by atoms with Crippen LogP contribution in [-0.2, 0) is 10.5 Å². The second-order valence-electron chi connectivity index (χ2n) is 4.63. The molecule has 2 aromatic rings. The van der Waals surface area contributed by atoms with E-state index in [1.165, 1.54) is 5.56 Å². The fourth-order valence-electron chi connectivity index (χ4n) is 1.76. The average Bonchev–Trinajstić information content (AvgIpc) is 2.55. The third-order valence-corrected chi connectivity index (χ3v) is 4.15. The molecule has 0 saturated heterocycles. The number of nitrogens with one attached hydrogen (secondary N) is 1. The van der Waals surface area contributed by atoms with Crippen LogP contribution < -0.4 is 10.1 Å². The van der Waals surface area contributed by atoms with Gasteiger partial charge in [0.1, 0.15) is 5.75 Å². The Bertz CT molecular complexity index is 575. The summed E-state index contributed by atoms with van der Waals surface area (Å²) in [5, 5.41) is 3.49. The summed E-state index contributed by atoms with van der Waals surface area (Å²) in [4.78, 5) is 11.6. The Kier molecular flexibility index (Phi) is 7.13. The molecule has 0 aliphatic heterocycles. The van der Waals surface area contributed by atoms with Crippen LogP contribution in [0.5, 0.6) is 5.75 Å². The molecule has 2 aromatic carbocycles. The normalized spacial score (nSPS) is 10.2. The zero-order valence-corrected chi connectivity index (χ0v) is 13.7. The largest absolute Gasteiger partial charge is 0.484 e. The first-order chi connectivity index (χ1) is 10.7. The van der Waals surface area contributed by atoms with Crippen molar-refractivity contribution in [2.24, 2.45) is 0 Å². The van der Waals surface area contributed by atoms with Gasteiger partial charge >= 0.3 is 0 Å². The lowest BCUT2D eigenvalue weighted by atomic mass is 10.2. The fourth-order valence-corrected chi connectivity index (χ4v) is 2.70. The standard InChI is InChI=1S/C17H18ClNO2S/c18-15-6-8-16(9-7-15)21-12-17(20)19-10-11-22-13-14-4-2-1-3-5-14/h1-9H,10-13H2,(H,19,20). The number of thioether (sulfide) groups is 1. The van der Waals surface area contributed by atoms with Crippen molar-refractivity contribution in [3.63, 3.8) is 0 Å². The van der Waals surface area contributed by atoms with Gasteiger partial charge in [0.15, 0.2) is 6.61 Å². The van der Waals surface area contributed by atoms with Crippen LogP contribution in [0.4, 0.5) is 0 Å². The molecular formula is C17H18ClNO2S. The van der Waals surface area contributed by atoms with Crippen LogP contribution in [-0.4, -0.2) is 24.8 Å². The maximum atomic E-state index is 11.6. The highest BCUT2D eigenvalue weighted by Gasteiger charge is 2.02. The van der Waals surface area contributed by atoms with E-state index in [9.17, 15) is 4.79 Å². The molecule has 22 heavy (non-hydrogen) atoms. The summed E-state index contributed by atoms with van der Waals surface area (Å²) in [6.45, 7) is 0.658. The van der Waals surface area contributed by atoms with Gasteiger partial charge in [0.25, 0.3) is 5.91 Å². The van der Waals surface area contributed by atoms with Gasteiger partial charge in [-0.25, -0.2) is 0 Å². The maximum absolute atomic E-state index is 11.6. The number of hydrogen-bond acceptors (Lipinski definition) is 3. The Hall–Kier alpha value is -1.65. The summed E-state index contributed by atoms with van der Waals surface area (Å²) in [7, 11) is 0. The van der Waals surface area contributed by atoms with Crippen molar-refractivity contribution in [2.75, 3.05) is 18.9 Å². The van der Waals surface area contributed by atoms with Gasteiger partial charge in [-0.3, -0.25) is 4.79 Å². The predicted molar refractivity (Wildman–Crippen MR) is 92.6 cm³/mol. The van der Waals surface area contributed by atoms with Crippen molar-refractivity contribution in [3.8, 4) is 5.75 Å². The molecule has 0 aliphatic rings. The molecule has 0 bridgehead atoms. The Morgan fingerprint density at radius 2 is 1.82 bits per heavy atom. The summed E-state index contributed by atoms with van der Waals surface area (Å²) < 4.78 is 5.37. The van der Waals surface area contributed by atoms with E-state index in [1.54, 1.807) is 36.0 Å². The van der Waals surface area contributed by atoms with Crippen LogP contribution in [0, 0.1) is 0 Å². The number of rotatable bonds is 8. The van der Waals surface area contributed by atoms with Crippen LogP contribution in [0.25, 0.3) is 0 Å². The number of hydrogen-bond donors (Lipinski definition) is 1. The second kappa shape index (κ2) is 9.38. The van der Waals surface area contributed by atoms with Crippen molar-refractivity contribution >= 4 is 29.3 Å². The van der Waals surface area contributed by atoms with Gasteiger partial charge in [-0.1, -0.05) is 41.9 Å². The quantitative estimate of drug-likeness (QED) is 0.746. The van der Waals surface area contributed by atoms with Gasteiger partial charge < -0.3 is 10.1 Å². The van der Waals surface area contributed by atoms with Crippen LogP contribution in [0.15, 0.2) is 54.6 Å². The molecule has 1 N–H and O–H groups in total. The molecule has 0 heterocycles. The predicted octanol–water partition coefficient (Wildman–Crippen LogP) is 3.77. The first-order valence-corrected chi connectivity index (χ1v) is 8.54. The Morgan fingerprint density at radius 1 is 1.09 bits per heavy atom. The first-order valence-electron chi connectivity index (χ1n) is 7.01. The monoisotopic (exact) mass is 335 g/mol. The number of amides is 1. The SMILES string of the molecule is O=C(COc1ccc(Cl)cc1)NCCSCc1ccccc1. The third kappa shape index (κ3) is 6.41. The van der Waals surface area contributed by atoms with Crippen molar-refractivity contribution in [3.05, 3.63) is 65.2 Å². The molecule has 3 nitrogen and oxygen atoms in total. The van der Waals surface area contributed by atoms with Crippen molar-refractivity contribution in [2.45, 2.75) is 5.75 Å². The van der Waals surface area contributed by atoms with Crippen molar-refractivity contribution < 1.29 is 9.53 Å². The smallest absolute Gasteiger partial charge is 0.257 e. The maximum Gasteiger partial charge on any atom is 0.257 e. The molecule has 0 spiro atoms. The van der Waals surface area contributed by atoms with E-state index < -0.39 is 0 Å². The molecular weight excluding hydrogens is 318 g/mol. The number of halogens is 1. The minimum atomic E-state index is -0.115. The highest BCUT2D eigenvalue weighted by atomic mass is 35.5. The second-order valence-corrected chi connectivity index (χ2v) is 6.17. The molecule has 5 heteroatoms. The van der Waals surface area contributed by atoms with E-state index in [2.05, 4.69) is 17.4 Å². The molecule has 0 radical (unpaired) electrons. The number of benzene rings is 2. The molecule has 0 aliphatic carbocycles. The van der Waals surface area contributed by atoms with Crippen LogP contribution in [0.3, 0.4) is 0 Å². The summed E-state index contributed by atoms with van der Waals surface area (Å²) in [5.74, 6) is 2.35. The Morgan fingerprint density at radius 3 is 2.55 bits per heavy atom. The summed E-state index contributed by atoms with van der Waals surface area (Å²) in [5.41, 5.74) is 1.30. The molecule has 0 atom stereocenters. The molecule has 1 amide bonds. The number of ether oxygens (including phenoxy) is 1. The van der Waals surface area contributed by atoms with Crippen LogP contribution >= 0.6 is 23.4 Å². The van der Waals surface area contributed by atoms with Gasteiger partial charge in [-0.05, 0) is 29.8 Å². The zero-order valence-electron chi connectivity index (χ0n) is 12.1. The van der Waals surface area contributed by atoms with Crippen LogP contribution in [0.2, 0.25) is 5.02 Å². The third-order valence-electron chi connectivity index (χ3n) is 2.86. The molecule has 116 valence electrons. The van der Waals surface area contributed by atoms with E-state index in [1.807, 2.05) is 18.2 Å². The molecule has 0 fully saturated rings. The van der Waals surface area contributed by atoms with Gasteiger partial charge in [0.2, 0.25) is 0 Å². The van der Waals surface area contributed by atoms with Gasteiger partial charge in [-0.2, -0.15) is 11.8 Å². The number of carbonyl (C=O) groups is 1. The van der Waals surface area contributed by atoms with E-state index in [0.29, 0.717) is 17.3 Å². The van der Waals surface area contributed by atoms with Crippen LogP contribution in [0.1, 0.15) is 5.56 Å². The van der Waals surface area contributed by atoms with Gasteiger partial charge in [0.05, 0.1) is 0 Å². The lowest BCUT2D eigenvalue weighted by Gasteiger charge is -2.07. The first kappa shape index (κ1) is 16.7. The summed E-state index contributed by atoms with van der Waals surface area (Å²) in [6, 6.07) is 17.2. The average molecular weight is 336 g/mol. The van der Waals surface area contributed by atoms with E-state index >= 15 is 0 Å². The Labute approximate surface area is 140 Å².